The Kier molecular flexibility index (Phi) is 8.85. The summed E-state index contributed by atoms with van der Waals surface area (Å²) in [5.74, 6) is -0.972. The average Bonchev–Trinajstić information content (AvgIpc) is 2.62. The van der Waals surface area contributed by atoms with Crippen LogP contribution < -0.4 is 5.73 Å². The van der Waals surface area contributed by atoms with Crippen molar-refractivity contribution in [1.82, 2.24) is 4.98 Å². The van der Waals surface area contributed by atoms with Crippen LogP contribution >= 0.6 is 37.2 Å². The summed E-state index contributed by atoms with van der Waals surface area (Å²) in [7, 11) is 0. The molecule has 1 aromatic carbocycles. The number of benzene rings is 1. The molecule has 102 valence electrons. The van der Waals surface area contributed by atoms with Gasteiger partial charge in [0.1, 0.15) is 6.04 Å². The summed E-state index contributed by atoms with van der Waals surface area (Å²) in [6.07, 6.45) is 2.16. The highest BCUT2D eigenvalue weighted by molar-refractivity contribution is 5.86. The first-order chi connectivity index (χ1) is 7.18. The van der Waals surface area contributed by atoms with E-state index in [-0.39, 0.29) is 37.2 Å². The van der Waals surface area contributed by atoms with Crippen molar-refractivity contribution in [2.75, 3.05) is 0 Å². The SMILES string of the molecule is Cl.Cl.Cl.NC(Cc1c[nH]c2ccccc12)C(=O)O. The van der Waals surface area contributed by atoms with Gasteiger partial charge >= 0.3 is 5.97 Å². The molecule has 0 fully saturated rings. The zero-order valence-corrected chi connectivity index (χ0v) is 11.8. The number of halogens is 3. The zero-order chi connectivity index (χ0) is 10.8. The smallest absolute Gasteiger partial charge is 0.320 e. The van der Waals surface area contributed by atoms with Crippen LogP contribution in [0.15, 0.2) is 30.5 Å². The van der Waals surface area contributed by atoms with Gasteiger partial charge in [0.25, 0.3) is 0 Å². The second-order valence-corrected chi connectivity index (χ2v) is 3.51. The zero-order valence-electron chi connectivity index (χ0n) is 9.33. The molecule has 1 heterocycles. The van der Waals surface area contributed by atoms with Gasteiger partial charge in [-0.1, -0.05) is 18.2 Å². The van der Waals surface area contributed by atoms with Gasteiger partial charge in [0.2, 0.25) is 0 Å². The number of carboxylic acid groups (broad SMARTS) is 1. The van der Waals surface area contributed by atoms with Crippen LogP contribution in [0.4, 0.5) is 0 Å². The Morgan fingerprint density at radius 2 is 1.89 bits per heavy atom. The van der Waals surface area contributed by atoms with E-state index >= 15 is 0 Å². The Morgan fingerprint density at radius 1 is 1.28 bits per heavy atom. The molecule has 4 nitrogen and oxygen atoms in total. The van der Waals surface area contributed by atoms with Crippen LogP contribution in [0.3, 0.4) is 0 Å². The second kappa shape index (κ2) is 8.21. The molecule has 0 radical (unpaired) electrons. The van der Waals surface area contributed by atoms with Crippen molar-refractivity contribution in [2.45, 2.75) is 12.5 Å². The van der Waals surface area contributed by atoms with Gasteiger partial charge in [0.05, 0.1) is 0 Å². The third-order valence-corrected chi connectivity index (χ3v) is 2.43. The van der Waals surface area contributed by atoms with Gasteiger partial charge in [-0.25, -0.2) is 0 Å². The number of H-pyrrole nitrogens is 1. The van der Waals surface area contributed by atoms with Gasteiger partial charge in [-0.05, 0) is 11.6 Å². The van der Waals surface area contributed by atoms with E-state index in [1.165, 1.54) is 0 Å². The normalized spacial score (nSPS) is 10.7. The number of rotatable bonds is 3. The number of hydrogen-bond donors (Lipinski definition) is 3. The maximum atomic E-state index is 10.6. The molecule has 1 unspecified atom stereocenters. The van der Waals surface area contributed by atoms with Crippen molar-refractivity contribution in [3.8, 4) is 0 Å². The summed E-state index contributed by atoms with van der Waals surface area (Å²) in [4.78, 5) is 13.7. The Bertz CT molecular complexity index is 502. The Labute approximate surface area is 123 Å². The second-order valence-electron chi connectivity index (χ2n) is 3.51. The third-order valence-electron chi connectivity index (χ3n) is 2.43. The van der Waals surface area contributed by atoms with Crippen LogP contribution in [0.1, 0.15) is 5.56 Å². The molecule has 2 aromatic rings. The predicted molar refractivity (Wildman–Crippen MR) is 79.4 cm³/mol. The van der Waals surface area contributed by atoms with Gasteiger partial charge in [-0.2, -0.15) is 0 Å². The van der Waals surface area contributed by atoms with E-state index in [1.54, 1.807) is 0 Å². The number of nitrogens with two attached hydrogens (primary N) is 1. The fourth-order valence-electron chi connectivity index (χ4n) is 1.62. The van der Waals surface area contributed by atoms with Crippen LogP contribution in [0.25, 0.3) is 10.9 Å². The van der Waals surface area contributed by atoms with E-state index < -0.39 is 12.0 Å². The number of aromatic nitrogens is 1. The molecule has 0 saturated carbocycles. The standard InChI is InChI=1S/C11H12N2O2.3ClH/c12-9(11(14)15)5-7-6-13-10-4-2-1-3-8(7)10;;;/h1-4,6,9,13H,5,12H2,(H,14,15);3*1H. The topological polar surface area (TPSA) is 79.1 Å². The molecule has 0 saturated heterocycles. The monoisotopic (exact) mass is 312 g/mol. The number of hydrogen-bond acceptors (Lipinski definition) is 2. The minimum atomic E-state index is -0.972. The molecular formula is C11H15Cl3N2O2. The molecule has 4 N–H and O–H groups in total. The molecule has 2 rings (SSSR count). The van der Waals surface area contributed by atoms with E-state index in [0.717, 1.165) is 16.5 Å². The first-order valence-corrected chi connectivity index (χ1v) is 4.72. The van der Waals surface area contributed by atoms with Gasteiger partial charge in [0.15, 0.2) is 0 Å². The molecular weight excluding hydrogens is 298 g/mol. The lowest BCUT2D eigenvalue weighted by Crippen LogP contribution is -2.32. The van der Waals surface area contributed by atoms with Crippen LogP contribution in [-0.4, -0.2) is 22.1 Å². The van der Waals surface area contributed by atoms with Crippen LogP contribution in [0.2, 0.25) is 0 Å². The molecule has 0 spiro atoms. The van der Waals surface area contributed by atoms with E-state index in [1.807, 2.05) is 30.5 Å². The largest absolute Gasteiger partial charge is 0.480 e. The highest BCUT2D eigenvalue weighted by Gasteiger charge is 2.14. The van der Waals surface area contributed by atoms with Crippen LogP contribution in [0, 0.1) is 0 Å². The van der Waals surface area contributed by atoms with Gasteiger partial charge in [-0.15, -0.1) is 37.2 Å². The summed E-state index contributed by atoms with van der Waals surface area (Å²) >= 11 is 0. The molecule has 0 aliphatic rings. The number of aliphatic carboxylic acids is 1. The maximum Gasteiger partial charge on any atom is 0.320 e. The lowest BCUT2D eigenvalue weighted by Gasteiger charge is -2.04. The van der Waals surface area contributed by atoms with Crippen molar-refractivity contribution >= 4 is 54.1 Å². The fraction of sp³-hybridized carbons (Fsp3) is 0.182. The molecule has 1 aromatic heterocycles. The number of carboxylic acids is 1. The minimum absolute atomic E-state index is 0. The quantitative estimate of drug-likeness (QED) is 0.814. The van der Waals surface area contributed by atoms with E-state index in [4.69, 9.17) is 10.8 Å². The number of para-hydroxylation sites is 1. The van der Waals surface area contributed by atoms with E-state index in [2.05, 4.69) is 4.98 Å². The molecule has 0 bridgehead atoms. The van der Waals surface area contributed by atoms with Crippen molar-refractivity contribution in [3.05, 3.63) is 36.0 Å². The number of nitrogens with one attached hydrogen (secondary N) is 1. The van der Waals surface area contributed by atoms with Gasteiger partial charge in [0, 0.05) is 23.5 Å². The summed E-state index contributed by atoms with van der Waals surface area (Å²) in [5, 5.41) is 9.75. The molecule has 18 heavy (non-hydrogen) atoms. The fourth-order valence-corrected chi connectivity index (χ4v) is 1.62. The van der Waals surface area contributed by atoms with Gasteiger partial charge in [-0.3, -0.25) is 4.79 Å². The van der Waals surface area contributed by atoms with Crippen molar-refractivity contribution in [2.24, 2.45) is 5.73 Å². The Morgan fingerprint density at radius 3 is 2.50 bits per heavy atom. The molecule has 1 atom stereocenters. The van der Waals surface area contributed by atoms with Crippen LogP contribution in [-0.2, 0) is 11.2 Å². The number of carbonyl (C=O) groups is 1. The molecule has 0 amide bonds. The van der Waals surface area contributed by atoms with E-state index in [9.17, 15) is 4.79 Å². The summed E-state index contributed by atoms with van der Waals surface area (Å²) in [5.41, 5.74) is 7.43. The first-order valence-electron chi connectivity index (χ1n) is 4.72. The Hall–Kier alpha value is -0.940. The first kappa shape index (κ1) is 19.4. The predicted octanol–water partition coefficient (Wildman–Crippen LogP) is 2.39. The summed E-state index contributed by atoms with van der Waals surface area (Å²) in [6, 6.07) is 6.91. The van der Waals surface area contributed by atoms with Crippen molar-refractivity contribution in [1.29, 1.82) is 0 Å². The average molecular weight is 314 g/mol. The van der Waals surface area contributed by atoms with Gasteiger partial charge < -0.3 is 15.8 Å². The highest BCUT2D eigenvalue weighted by Crippen LogP contribution is 2.18. The van der Waals surface area contributed by atoms with Crippen molar-refractivity contribution < 1.29 is 9.90 Å². The highest BCUT2D eigenvalue weighted by atomic mass is 35.5. The summed E-state index contributed by atoms with van der Waals surface area (Å²) in [6.45, 7) is 0. The third kappa shape index (κ3) is 4.07. The molecule has 0 aliphatic heterocycles. The van der Waals surface area contributed by atoms with Crippen LogP contribution in [0.5, 0.6) is 0 Å². The Balaban J connectivity index is 0. The number of aromatic amines is 1. The lowest BCUT2D eigenvalue weighted by molar-refractivity contribution is -0.138. The number of fused-ring (bicyclic) bond motifs is 1. The minimum Gasteiger partial charge on any atom is -0.480 e. The molecule has 7 heteroatoms. The van der Waals surface area contributed by atoms with Crippen molar-refractivity contribution in [3.63, 3.8) is 0 Å². The summed E-state index contributed by atoms with van der Waals surface area (Å²) < 4.78 is 0. The molecule has 0 aliphatic carbocycles. The maximum absolute atomic E-state index is 10.6. The van der Waals surface area contributed by atoms with E-state index in [0.29, 0.717) is 6.42 Å². The lowest BCUT2D eigenvalue weighted by atomic mass is 10.1.